The van der Waals surface area contributed by atoms with Gasteiger partial charge in [-0.3, -0.25) is 4.79 Å². The van der Waals surface area contributed by atoms with Gasteiger partial charge < -0.3 is 9.57 Å². The van der Waals surface area contributed by atoms with Crippen molar-refractivity contribution >= 4 is 23.1 Å². The summed E-state index contributed by atoms with van der Waals surface area (Å²) in [5, 5.41) is 4.51. The van der Waals surface area contributed by atoms with Gasteiger partial charge in [-0.05, 0) is 62.8 Å². The Morgan fingerprint density at radius 3 is 2.43 bits per heavy atom. The van der Waals surface area contributed by atoms with Gasteiger partial charge in [0.05, 0.1) is 5.71 Å². The van der Waals surface area contributed by atoms with E-state index in [1.54, 1.807) is 38.1 Å². The van der Waals surface area contributed by atoms with Gasteiger partial charge in [0, 0.05) is 17.0 Å². The van der Waals surface area contributed by atoms with Crippen molar-refractivity contribution in [1.29, 1.82) is 0 Å². The molecule has 0 fully saturated rings. The molecule has 0 amide bonds. The number of oxime groups is 1. The van der Waals surface area contributed by atoms with Gasteiger partial charge in [-0.25, -0.2) is 0 Å². The maximum Gasteiger partial charge on any atom is 0.205 e. The third-order valence-corrected chi connectivity index (χ3v) is 3.77. The number of hydrogen-bond donors (Lipinski definition) is 0. The van der Waals surface area contributed by atoms with Gasteiger partial charge >= 0.3 is 0 Å². The van der Waals surface area contributed by atoms with E-state index in [1.807, 2.05) is 19.1 Å². The molecule has 1 aromatic carbocycles. The number of rotatable bonds is 5. The van der Waals surface area contributed by atoms with Crippen LogP contribution in [0.5, 0.6) is 0 Å². The fraction of sp³-hybridized carbons (Fsp3) is 0.333. The third-order valence-electron chi connectivity index (χ3n) is 3.52. The zero-order valence-corrected chi connectivity index (χ0v) is 14.5. The highest BCUT2D eigenvalue weighted by molar-refractivity contribution is 6.30. The summed E-state index contributed by atoms with van der Waals surface area (Å²) in [4.78, 5) is 17.4. The van der Waals surface area contributed by atoms with E-state index in [9.17, 15) is 4.79 Å². The molecule has 5 heteroatoms. The predicted molar refractivity (Wildman–Crippen MR) is 91.8 cm³/mol. The van der Waals surface area contributed by atoms with E-state index < -0.39 is 5.60 Å². The first-order valence-electron chi connectivity index (χ1n) is 7.30. The normalized spacial score (nSPS) is 16.7. The fourth-order valence-corrected chi connectivity index (χ4v) is 2.43. The molecule has 122 valence electrons. The predicted octanol–water partition coefficient (Wildman–Crippen LogP) is 4.55. The largest absolute Gasteiger partial charge is 0.480 e. The minimum absolute atomic E-state index is 0.0979. The molecule has 1 aliphatic rings. The number of benzene rings is 1. The van der Waals surface area contributed by atoms with Crippen molar-refractivity contribution in [2.45, 2.75) is 32.8 Å². The highest BCUT2D eigenvalue weighted by Crippen LogP contribution is 2.27. The minimum atomic E-state index is -0.981. The van der Waals surface area contributed by atoms with E-state index in [0.29, 0.717) is 22.8 Å². The number of nitrogens with zero attached hydrogens (tertiary/aromatic N) is 1. The molecule has 0 atom stereocenters. The summed E-state index contributed by atoms with van der Waals surface area (Å²) in [6.45, 7) is 5.47. The number of ketones is 1. The van der Waals surface area contributed by atoms with Crippen LogP contribution in [-0.4, -0.2) is 24.2 Å². The summed E-state index contributed by atoms with van der Waals surface area (Å²) < 4.78 is 5.98. The average Bonchev–Trinajstić information content (AvgIpc) is 2.50. The van der Waals surface area contributed by atoms with Gasteiger partial charge in [-0.15, -0.1) is 0 Å². The van der Waals surface area contributed by atoms with E-state index in [4.69, 9.17) is 21.2 Å². The van der Waals surface area contributed by atoms with E-state index >= 15 is 0 Å². The topological polar surface area (TPSA) is 47.9 Å². The van der Waals surface area contributed by atoms with Crippen LogP contribution in [0.3, 0.4) is 0 Å². The van der Waals surface area contributed by atoms with Crippen LogP contribution < -0.4 is 0 Å². The van der Waals surface area contributed by atoms with Crippen LogP contribution in [0.25, 0.3) is 0 Å². The lowest BCUT2D eigenvalue weighted by molar-refractivity contribution is 0.0322. The molecule has 1 aliphatic carbocycles. The molecule has 4 nitrogen and oxygen atoms in total. The number of carbonyl (C=O) groups excluding carboxylic acids is 1. The van der Waals surface area contributed by atoms with Gasteiger partial charge in [0.1, 0.15) is 12.9 Å². The van der Waals surface area contributed by atoms with Crippen molar-refractivity contribution in [1.82, 2.24) is 0 Å². The van der Waals surface area contributed by atoms with Crippen LogP contribution in [0.4, 0.5) is 0 Å². The van der Waals surface area contributed by atoms with Crippen LogP contribution >= 0.6 is 11.6 Å². The number of hydrogen-bond acceptors (Lipinski definition) is 4. The molecular formula is C18H20ClNO3. The standard InChI is InChI=1S/C18H20ClNO3/c1-12-11-15(20-22-4)9-10-16(12)23-18(2,3)17(21)13-5-7-14(19)8-6-13/h5-10H,11H2,1-4H3. The number of allylic oxidation sites excluding steroid dienone is 3. The summed E-state index contributed by atoms with van der Waals surface area (Å²) >= 11 is 5.86. The second-order valence-electron chi connectivity index (χ2n) is 5.87. The van der Waals surface area contributed by atoms with Gasteiger partial charge in [-0.1, -0.05) is 16.8 Å². The van der Waals surface area contributed by atoms with Gasteiger partial charge in [0.25, 0.3) is 0 Å². The van der Waals surface area contributed by atoms with E-state index in [-0.39, 0.29) is 5.78 Å². The minimum Gasteiger partial charge on any atom is -0.480 e. The van der Waals surface area contributed by atoms with Crippen LogP contribution in [-0.2, 0) is 9.57 Å². The lowest BCUT2D eigenvalue weighted by Gasteiger charge is -2.28. The number of ether oxygens (including phenoxy) is 1. The fourth-order valence-electron chi connectivity index (χ4n) is 2.30. The maximum atomic E-state index is 12.7. The number of Topliss-reactive ketones (excluding diaryl/α,β-unsaturated/α-hetero) is 1. The molecule has 0 unspecified atom stereocenters. The Hall–Kier alpha value is -2.07. The molecule has 0 bridgehead atoms. The van der Waals surface area contributed by atoms with Crippen molar-refractivity contribution in [2.24, 2.45) is 5.16 Å². The molecule has 23 heavy (non-hydrogen) atoms. The first-order valence-corrected chi connectivity index (χ1v) is 7.68. The zero-order valence-electron chi connectivity index (χ0n) is 13.7. The van der Waals surface area contributed by atoms with Gasteiger partial charge in [-0.2, -0.15) is 0 Å². The van der Waals surface area contributed by atoms with Crippen LogP contribution in [0.1, 0.15) is 37.6 Å². The van der Waals surface area contributed by atoms with E-state index in [0.717, 1.165) is 11.3 Å². The van der Waals surface area contributed by atoms with Crippen molar-refractivity contribution in [3.63, 3.8) is 0 Å². The highest BCUT2D eigenvalue weighted by Gasteiger charge is 2.32. The Bertz CT molecular complexity index is 685. The van der Waals surface area contributed by atoms with Gasteiger partial charge in [0.15, 0.2) is 5.60 Å². The molecule has 0 aromatic heterocycles. The summed E-state index contributed by atoms with van der Waals surface area (Å²) in [5.74, 6) is 0.589. The number of halogens is 1. The smallest absolute Gasteiger partial charge is 0.205 e. The lowest BCUT2D eigenvalue weighted by Crippen LogP contribution is -2.35. The molecular weight excluding hydrogens is 314 g/mol. The second-order valence-corrected chi connectivity index (χ2v) is 6.30. The Balaban J connectivity index is 2.16. The molecule has 0 spiro atoms. The molecule has 0 saturated carbocycles. The van der Waals surface area contributed by atoms with Gasteiger partial charge in [0.2, 0.25) is 5.78 Å². The second kappa shape index (κ2) is 7.01. The quantitative estimate of drug-likeness (QED) is 0.586. The molecule has 0 heterocycles. The van der Waals surface area contributed by atoms with Crippen LogP contribution in [0, 0.1) is 0 Å². The first-order chi connectivity index (χ1) is 10.8. The average molecular weight is 334 g/mol. The van der Waals surface area contributed by atoms with Crippen molar-refractivity contribution < 1.29 is 14.4 Å². The van der Waals surface area contributed by atoms with Crippen molar-refractivity contribution in [3.8, 4) is 0 Å². The SMILES string of the molecule is CON=C1C=CC(OC(C)(C)C(=O)c2ccc(Cl)cc2)=C(C)C1. The molecule has 0 radical (unpaired) electrons. The number of carbonyl (C=O) groups is 1. The van der Waals surface area contributed by atoms with Crippen molar-refractivity contribution in [2.75, 3.05) is 7.11 Å². The van der Waals surface area contributed by atoms with E-state index in [1.165, 1.54) is 7.11 Å². The first kappa shape index (κ1) is 17.3. The summed E-state index contributed by atoms with van der Waals surface area (Å²) in [6.07, 6.45) is 4.27. The summed E-state index contributed by atoms with van der Waals surface area (Å²) in [5.41, 5.74) is 1.41. The van der Waals surface area contributed by atoms with Crippen LogP contribution in [0.15, 0.2) is 52.9 Å². The van der Waals surface area contributed by atoms with Crippen molar-refractivity contribution in [3.05, 3.63) is 58.3 Å². The molecule has 0 N–H and O–H groups in total. The summed E-state index contributed by atoms with van der Waals surface area (Å²) in [6, 6.07) is 6.81. The Morgan fingerprint density at radius 1 is 1.22 bits per heavy atom. The molecule has 2 rings (SSSR count). The Morgan fingerprint density at radius 2 is 1.87 bits per heavy atom. The molecule has 1 aromatic rings. The Kier molecular flexibility index (Phi) is 5.26. The Labute approximate surface area is 141 Å². The molecule has 0 aliphatic heterocycles. The summed E-state index contributed by atoms with van der Waals surface area (Å²) in [7, 11) is 1.51. The third kappa shape index (κ3) is 4.23. The maximum absolute atomic E-state index is 12.7. The van der Waals surface area contributed by atoms with Crippen LogP contribution in [0.2, 0.25) is 5.02 Å². The monoisotopic (exact) mass is 333 g/mol. The van der Waals surface area contributed by atoms with E-state index in [2.05, 4.69) is 5.16 Å². The molecule has 0 saturated heterocycles. The lowest BCUT2D eigenvalue weighted by atomic mass is 9.95. The zero-order chi connectivity index (χ0) is 17.0. The highest BCUT2D eigenvalue weighted by atomic mass is 35.5.